The van der Waals surface area contributed by atoms with Crippen LogP contribution in [0.2, 0.25) is 0 Å². The molecule has 3 rings (SSSR count). The Morgan fingerprint density at radius 2 is 2.17 bits per heavy atom. The van der Waals surface area contributed by atoms with Gasteiger partial charge in [-0.05, 0) is 33.8 Å². The van der Waals surface area contributed by atoms with Gasteiger partial charge in [-0.1, -0.05) is 0 Å². The Morgan fingerprint density at radius 3 is 2.89 bits per heavy atom. The number of nitrogens with one attached hydrogen (secondary N) is 1. The Hall–Kier alpha value is 0.0600. The number of hydrogen-bond acceptors (Lipinski definition) is 4. The molecule has 1 N–H and O–H groups in total. The number of halogens is 1. The molecular formula is C13H20BrN3S. The van der Waals surface area contributed by atoms with Gasteiger partial charge in [0.15, 0.2) is 0 Å². The number of nitrogens with zero attached hydrogens (tertiary/aromatic N) is 2. The molecule has 2 aliphatic rings. The maximum absolute atomic E-state index is 3.63. The van der Waals surface area contributed by atoms with E-state index < -0.39 is 0 Å². The third-order valence-corrected chi connectivity index (χ3v) is 5.88. The number of rotatable bonds is 3. The van der Waals surface area contributed by atoms with E-state index in [0.717, 1.165) is 25.7 Å². The zero-order valence-electron chi connectivity index (χ0n) is 10.6. The predicted octanol–water partition coefficient (Wildman–Crippen LogP) is 1.99. The largest absolute Gasteiger partial charge is 0.314 e. The molecule has 0 radical (unpaired) electrons. The van der Waals surface area contributed by atoms with Gasteiger partial charge in [0, 0.05) is 61.2 Å². The Labute approximate surface area is 121 Å². The molecule has 2 fully saturated rings. The highest BCUT2D eigenvalue weighted by Gasteiger charge is 2.28. The standard InChI is InChI=1S/C13H20BrN3S/c14-12-2-8-18-13(12)10-16-5-1-11(9-16)17-6-3-15-4-7-17/h2,8,11,15H,1,3-7,9-10H2. The van der Waals surface area contributed by atoms with Crippen molar-refractivity contribution < 1.29 is 0 Å². The molecule has 0 amide bonds. The zero-order chi connectivity index (χ0) is 12.4. The summed E-state index contributed by atoms with van der Waals surface area (Å²) in [6.45, 7) is 8.37. The fraction of sp³-hybridized carbons (Fsp3) is 0.692. The highest BCUT2D eigenvalue weighted by molar-refractivity contribution is 9.10. The summed E-state index contributed by atoms with van der Waals surface area (Å²) in [7, 11) is 0. The third-order valence-electron chi connectivity index (χ3n) is 3.97. The molecule has 1 unspecified atom stereocenters. The van der Waals surface area contributed by atoms with Gasteiger partial charge in [0.25, 0.3) is 0 Å². The first-order valence-electron chi connectivity index (χ1n) is 6.72. The molecule has 1 aromatic heterocycles. The van der Waals surface area contributed by atoms with Gasteiger partial charge in [-0.15, -0.1) is 11.3 Å². The van der Waals surface area contributed by atoms with Crippen molar-refractivity contribution in [3.63, 3.8) is 0 Å². The third kappa shape index (κ3) is 2.96. The van der Waals surface area contributed by atoms with E-state index in [1.807, 2.05) is 11.3 Å². The minimum absolute atomic E-state index is 0.783. The molecule has 18 heavy (non-hydrogen) atoms. The second-order valence-corrected chi connectivity index (χ2v) is 7.01. The van der Waals surface area contributed by atoms with Gasteiger partial charge in [0.05, 0.1) is 0 Å². The van der Waals surface area contributed by atoms with E-state index in [2.05, 4.69) is 42.5 Å². The summed E-state index contributed by atoms with van der Waals surface area (Å²) in [6.07, 6.45) is 1.34. The lowest BCUT2D eigenvalue weighted by Gasteiger charge is -2.32. The van der Waals surface area contributed by atoms with Crippen LogP contribution in [0.3, 0.4) is 0 Å². The van der Waals surface area contributed by atoms with Crippen molar-refractivity contribution in [3.05, 3.63) is 20.8 Å². The quantitative estimate of drug-likeness (QED) is 0.914. The van der Waals surface area contributed by atoms with Crippen LogP contribution < -0.4 is 5.32 Å². The summed E-state index contributed by atoms with van der Waals surface area (Å²) in [4.78, 5) is 6.74. The summed E-state index contributed by atoms with van der Waals surface area (Å²) in [6, 6.07) is 2.94. The second-order valence-electron chi connectivity index (χ2n) is 5.16. The number of thiophene rings is 1. The van der Waals surface area contributed by atoms with Crippen molar-refractivity contribution in [3.8, 4) is 0 Å². The normalized spacial score (nSPS) is 26.8. The lowest BCUT2D eigenvalue weighted by Crippen LogP contribution is -2.49. The first-order chi connectivity index (χ1) is 8.83. The highest BCUT2D eigenvalue weighted by Crippen LogP contribution is 2.26. The van der Waals surface area contributed by atoms with Crippen LogP contribution in [0.4, 0.5) is 0 Å². The van der Waals surface area contributed by atoms with E-state index in [1.54, 1.807) is 0 Å². The van der Waals surface area contributed by atoms with E-state index in [1.165, 1.54) is 41.9 Å². The van der Waals surface area contributed by atoms with Crippen LogP contribution in [0.25, 0.3) is 0 Å². The Kier molecular flexibility index (Phi) is 4.36. The Morgan fingerprint density at radius 1 is 1.33 bits per heavy atom. The minimum Gasteiger partial charge on any atom is -0.314 e. The van der Waals surface area contributed by atoms with E-state index in [-0.39, 0.29) is 0 Å². The van der Waals surface area contributed by atoms with Gasteiger partial charge < -0.3 is 5.32 Å². The average Bonchev–Trinajstić information content (AvgIpc) is 3.02. The molecule has 0 spiro atoms. The molecule has 1 aromatic rings. The molecule has 3 heterocycles. The van der Waals surface area contributed by atoms with Crippen molar-refractivity contribution in [2.45, 2.75) is 19.0 Å². The van der Waals surface area contributed by atoms with Crippen molar-refractivity contribution in [2.75, 3.05) is 39.3 Å². The maximum Gasteiger partial charge on any atom is 0.0339 e. The lowest BCUT2D eigenvalue weighted by molar-refractivity contribution is 0.170. The summed E-state index contributed by atoms with van der Waals surface area (Å²) in [5, 5.41) is 5.60. The molecule has 1 atom stereocenters. The van der Waals surface area contributed by atoms with E-state index in [9.17, 15) is 0 Å². The van der Waals surface area contributed by atoms with Gasteiger partial charge in [0.2, 0.25) is 0 Å². The molecule has 0 aliphatic carbocycles. The first-order valence-corrected chi connectivity index (χ1v) is 8.39. The van der Waals surface area contributed by atoms with Crippen LogP contribution in [-0.4, -0.2) is 55.1 Å². The van der Waals surface area contributed by atoms with Gasteiger partial charge >= 0.3 is 0 Å². The lowest BCUT2D eigenvalue weighted by atomic mass is 10.2. The van der Waals surface area contributed by atoms with Gasteiger partial charge in [-0.25, -0.2) is 0 Å². The van der Waals surface area contributed by atoms with E-state index in [4.69, 9.17) is 0 Å². The van der Waals surface area contributed by atoms with Crippen LogP contribution in [0.15, 0.2) is 15.9 Å². The average molecular weight is 330 g/mol. The summed E-state index contributed by atoms with van der Waals surface area (Å²) >= 11 is 5.49. The van der Waals surface area contributed by atoms with Crippen molar-refractivity contribution in [1.29, 1.82) is 0 Å². The molecule has 100 valence electrons. The zero-order valence-corrected chi connectivity index (χ0v) is 13.0. The monoisotopic (exact) mass is 329 g/mol. The van der Waals surface area contributed by atoms with Crippen molar-refractivity contribution >= 4 is 27.3 Å². The molecule has 2 saturated heterocycles. The summed E-state index contributed by atoms with van der Waals surface area (Å²) < 4.78 is 1.28. The van der Waals surface area contributed by atoms with Crippen LogP contribution >= 0.6 is 27.3 Å². The second kappa shape index (κ2) is 6.01. The molecule has 5 heteroatoms. The molecule has 0 saturated carbocycles. The predicted molar refractivity (Wildman–Crippen MR) is 80.1 cm³/mol. The van der Waals surface area contributed by atoms with Gasteiger partial charge in [0.1, 0.15) is 0 Å². The van der Waals surface area contributed by atoms with Crippen molar-refractivity contribution in [1.82, 2.24) is 15.1 Å². The molecular weight excluding hydrogens is 310 g/mol. The van der Waals surface area contributed by atoms with Gasteiger partial charge in [-0.3, -0.25) is 9.80 Å². The Bertz CT molecular complexity index is 389. The fourth-order valence-corrected chi connectivity index (χ4v) is 4.46. The Balaban J connectivity index is 1.53. The molecule has 0 aromatic carbocycles. The van der Waals surface area contributed by atoms with Gasteiger partial charge in [-0.2, -0.15) is 0 Å². The van der Waals surface area contributed by atoms with Crippen LogP contribution in [0, 0.1) is 0 Å². The summed E-state index contributed by atoms with van der Waals surface area (Å²) in [5.41, 5.74) is 0. The fourth-order valence-electron chi connectivity index (χ4n) is 2.94. The van der Waals surface area contributed by atoms with Crippen LogP contribution in [-0.2, 0) is 6.54 Å². The molecule has 0 bridgehead atoms. The SMILES string of the molecule is Brc1ccsc1CN1CCC(N2CCNCC2)C1. The van der Waals surface area contributed by atoms with Crippen molar-refractivity contribution in [2.24, 2.45) is 0 Å². The van der Waals surface area contributed by atoms with Crippen LogP contribution in [0.5, 0.6) is 0 Å². The smallest absolute Gasteiger partial charge is 0.0339 e. The van der Waals surface area contributed by atoms with E-state index >= 15 is 0 Å². The molecule has 2 aliphatic heterocycles. The topological polar surface area (TPSA) is 18.5 Å². The van der Waals surface area contributed by atoms with Crippen LogP contribution in [0.1, 0.15) is 11.3 Å². The highest BCUT2D eigenvalue weighted by atomic mass is 79.9. The molecule has 3 nitrogen and oxygen atoms in total. The number of likely N-dealkylation sites (tertiary alicyclic amines) is 1. The van der Waals surface area contributed by atoms with E-state index in [0.29, 0.717) is 0 Å². The summed E-state index contributed by atoms with van der Waals surface area (Å²) in [5.74, 6) is 0. The number of hydrogen-bond donors (Lipinski definition) is 1. The maximum atomic E-state index is 3.63. The first kappa shape index (κ1) is 13.1. The minimum atomic E-state index is 0.783. The number of piperazine rings is 1.